The van der Waals surface area contributed by atoms with Crippen LogP contribution in [0.5, 0.6) is 0 Å². The van der Waals surface area contributed by atoms with E-state index in [0.717, 1.165) is 25.9 Å². The highest BCUT2D eigenvalue weighted by Crippen LogP contribution is 2.32. The molecule has 1 aliphatic rings. The van der Waals surface area contributed by atoms with Crippen LogP contribution in [0.25, 0.3) is 0 Å². The van der Waals surface area contributed by atoms with Crippen molar-refractivity contribution in [3.63, 3.8) is 0 Å². The van der Waals surface area contributed by atoms with E-state index in [9.17, 15) is 9.90 Å². The third-order valence-corrected chi connectivity index (χ3v) is 4.11. The zero-order chi connectivity index (χ0) is 14.0. The van der Waals surface area contributed by atoms with Gasteiger partial charge in [0.15, 0.2) is 0 Å². The van der Waals surface area contributed by atoms with Gasteiger partial charge in [-0.2, -0.15) is 0 Å². The van der Waals surface area contributed by atoms with Crippen LogP contribution in [0.15, 0.2) is 18.2 Å². The van der Waals surface area contributed by atoms with Gasteiger partial charge in [-0.25, -0.2) is 4.79 Å². The molecule has 0 atom stereocenters. The molecule has 1 N–H and O–H groups in total. The summed E-state index contributed by atoms with van der Waals surface area (Å²) in [4.78, 5) is 15.6. The van der Waals surface area contributed by atoms with E-state index in [-0.39, 0.29) is 5.56 Å². The summed E-state index contributed by atoms with van der Waals surface area (Å²) in [6.45, 7) is 2.06. The summed E-state index contributed by atoms with van der Waals surface area (Å²) in [6, 6.07) is 5.37. The van der Waals surface area contributed by atoms with E-state index in [0.29, 0.717) is 16.8 Å². The van der Waals surface area contributed by atoms with E-state index < -0.39 is 5.97 Å². The number of likely N-dealkylation sites (tertiary alicyclic amines) is 1. The third kappa shape index (κ3) is 3.01. The molecule has 0 aliphatic carbocycles. The fraction of sp³-hybridized carbons (Fsp3) is 0.500. The van der Waals surface area contributed by atoms with Crippen LogP contribution >= 0.6 is 11.6 Å². The van der Waals surface area contributed by atoms with E-state index in [1.807, 2.05) is 11.9 Å². The van der Waals surface area contributed by atoms with Gasteiger partial charge in [0.2, 0.25) is 0 Å². The molecule has 19 heavy (non-hydrogen) atoms. The number of para-hydroxylation sites is 1. The van der Waals surface area contributed by atoms with Gasteiger partial charge in [-0.1, -0.05) is 17.7 Å². The van der Waals surface area contributed by atoms with Crippen LogP contribution < -0.4 is 4.90 Å². The van der Waals surface area contributed by atoms with Crippen molar-refractivity contribution in [2.45, 2.75) is 18.9 Å². The van der Waals surface area contributed by atoms with Gasteiger partial charge in [0, 0.05) is 13.1 Å². The number of rotatable bonds is 3. The second-order valence-electron chi connectivity index (χ2n) is 5.09. The molecule has 5 heteroatoms. The Hall–Kier alpha value is -1.26. The first-order valence-electron chi connectivity index (χ1n) is 6.44. The molecular weight excluding hydrogens is 264 g/mol. The van der Waals surface area contributed by atoms with E-state index in [1.165, 1.54) is 0 Å². The van der Waals surface area contributed by atoms with Crippen molar-refractivity contribution in [2.24, 2.45) is 0 Å². The number of piperidine rings is 1. The number of halogens is 1. The Morgan fingerprint density at radius 1 is 1.42 bits per heavy atom. The van der Waals surface area contributed by atoms with Crippen molar-refractivity contribution in [1.82, 2.24) is 4.90 Å². The molecule has 1 aromatic carbocycles. The molecule has 2 rings (SSSR count). The zero-order valence-electron chi connectivity index (χ0n) is 11.3. The van der Waals surface area contributed by atoms with Gasteiger partial charge in [-0.05, 0) is 45.1 Å². The number of aromatic carboxylic acids is 1. The van der Waals surface area contributed by atoms with Crippen molar-refractivity contribution < 1.29 is 9.90 Å². The minimum absolute atomic E-state index is 0.272. The summed E-state index contributed by atoms with van der Waals surface area (Å²) in [5.41, 5.74) is 0.903. The fourth-order valence-corrected chi connectivity index (χ4v) is 2.92. The lowest BCUT2D eigenvalue weighted by Gasteiger charge is -2.37. The Kier molecular flexibility index (Phi) is 4.32. The second-order valence-corrected chi connectivity index (χ2v) is 5.49. The number of benzene rings is 1. The van der Waals surface area contributed by atoms with Gasteiger partial charge in [-0.3, -0.25) is 0 Å². The molecule has 1 aliphatic heterocycles. The van der Waals surface area contributed by atoms with Crippen LogP contribution in [0.4, 0.5) is 5.69 Å². The second kappa shape index (κ2) is 5.80. The van der Waals surface area contributed by atoms with Crippen LogP contribution in [0.3, 0.4) is 0 Å². The number of carboxylic acid groups (broad SMARTS) is 1. The maximum atomic E-state index is 11.3. The van der Waals surface area contributed by atoms with Gasteiger partial charge in [0.25, 0.3) is 0 Å². The number of nitrogens with zero attached hydrogens (tertiary/aromatic N) is 2. The number of carboxylic acids is 1. The van der Waals surface area contributed by atoms with E-state index >= 15 is 0 Å². The molecule has 0 bridgehead atoms. The number of carbonyl (C=O) groups is 1. The summed E-state index contributed by atoms with van der Waals surface area (Å²) in [5.74, 6) is -0.933. The average molecular weight is 283 g/mol. The van der Waals surface area contributed by atoms with Gasteiger partial charge < -0.3 is 14.9 Å². The summed E-state index contributed by atoms with van der Waals surface area (Å²) in [6.07, 6.45) is 2.05. The summed E-state index contributed by atoms with van der Waals surface area (Å²) >= 11 is 6.20. The maximum absolute atomic E-state index is 11.3. The van der Waals surface area contributed by atoms with Crippen LogP contribution in [-0.2, 0) is 0 Å². The average Bonchev–Trinajstić information content (AvgIpc) is 2.38. The molecule has 0 unspecified atom stereocenters. The predicted molar refractivity (Wildman–Crippen MR) is 77.3 cm³/mol. The lowest BCUT2D eigenvalue weighted by Crippen LogP contribution is -2.42. The van der Waals surface area contributed by atoms with Gasteiger partial charge in [0.1, 0.15) is 0 Å². The van der Waals surface area contributed by atoms with Crippen molar-refractivity contribution in [3.8, 4) is 0 Å². The maximum Gasteiger partial charge on any atom is 0.337 e. The van der Waals surface area contributed by atoms with E-state index in [4.69, 9.17) is 11.6 Å². The molecule has 104 valence electrons. The van der Waals surface area contributed by atoms with Gasteiger partial charge in [0.05, 0.1) is 16.3 Å². The number of hydrogen-bond donors (Lipinski definition) is 1. The fourth-order valence-electron chi connectivity index (χ4n) is 2.61. The Bertz CT molecular complexity index is 471. The standard InChI is InChI=1S/C14H19ClN2O2/c1-16-8-6-10(7-9-16)17(2)13-11(14(18)19)4-3-5-12(13)15/h3-5,10H,6-9H2,1-2H3,(H,18,19). The third-order valence-electron chi connectivity index (χ3n) is 3.81. The molecule has 0 saturated carbocycles. The summed E-state index contributed by atoms with van der Waals surface area (Å²) in [7, 11) is 4.04. The van der Waals surface area contributed by atoms with Crippen LogP contribution in [0, 0.1) is 0 Å². The molecule has 1 heterocycles. The van der Waals surface area contributed by atoms with Crippen molar-refractivity contribution in [2.75, 3.05) is 32.1 Å². The zero-order valence-corrected chi connectivity index (χ0v) is 12.0. The first-order chi connectivity index (χ1) is 9.00. The van der Waals surface area contributed by atoms with Crippen molar-refractivity contribution >= 4 is 23.3 Å². The lowest BCUT2D eigenvalue weighted by molar-refractivity contribution is 0.0697. The van der Waals surface area contributed by atoms with Crippen LogP contribution in [-0.4, -0.2) is 49.2 Å². The van der Waals surface area contributed by atoms with Gasteiger partial charge >= 0.3 is 5.97 Å². The largest absolute Gasteiger partial charge is 0.478 e. The molecule has 1 saturated heterocycles. The quantitative estimate of drug-likeness (QED) is 0.925. The molecular formula is C14H19ClN2O2. The number of hydrogen-bond acceptors (Lipinski definition) is 3. The van der Waals surface area contributed by atoms with Crippen LogP contribution in [0.2, 0.25) is 5.02 Å². The predicted octanol–water partition coefficient (Wildman–Crippen LogP) is 2.57. The molecule has 0 amide bonds. The highest BCUT2D eigenvalue weighted by atomic mass is 35.5. The van der Waals surface area contributed by atoms with E-state index in [2.05, 4.69) is 11.9 Å². The first-order valence-corrected chi connectivity index (χ1v) is 6.81. The highest BCUT2D eigenvalue weighted by molar-refractivity contribution is 6.34. The Morgan fingerprint density at radius 2 is 2.05 bits per heavy atom. The molecule has 0 radical (unpaired) electrons. The minimum Gasteiger partial charge on any atom is -0.478 e. The topological polar surface area (TPSA) is 43.8 Å². The molecule has 0 aromatic heterocycles. The SMILES string of the molecule is CN1CCC(N(C)c2c(Cl)cccc2C(=O)O)CC1. The lowest BCUT2D eigenvalue weighted by atomic mass is 10.0. The highest BCUT2D eigenvalue weighted by Gasteiger charge is 2.25. The summed E-state index contributed by atoms with van der Waals surface area (Å²) < 4.78 is 0. The Morgan fingerprint density at radius 3 is 2.63 bits per heavy atom. The normalized spacial score (nSPS) is 17.4. The van der Waals surface area contributed by atoms with Crippen LogP contribution in [0.1, 0.15) is 23.2 Å². The summed E-state index contributed by atoms with van der Waals surface area (Å²) in [5, 5.41) is 9.79. The Balaban J connectivity index is 2.28. The van der Waals surface area contributed by atoms with Crippen molar-refractivity contribution in [1.29, 1.82) is 0 Å². The monoisotopic (exact) mass is 282 g/mol. The minimum atomic E-state index is -0.933. The smallest absolute Gasteiger partial charge is 0.337 e. The molecule has 1 fully saturated rings. The van der Waals surface area contributed by atoms with Crippen molar-refractivity contribution in [3.05, 3.63) is 28.8 Å². The molecule has 4 nitrogen and oxygen atoms in total. The first kappa shape index (κ1) is 14.2. The van der Waals surface area contributed by atoms with E-state index in [1.54, 1.807) is 18.2 Å². The molecule has 0 spiro atoms. The number of anilines is 1. The Labute approximate surface area is 118 Å². The van der Waals surface area contributed by atoms with Gasteiger partial charge in [-0.15, -0.1) is 0 Å². The molecule has 1 aromatic rings.